The number of hydrogen-bond acceptors (Lipinski definition) is 0. The van der Waals surface area contributed by atoms with Crippen molar-refractivity contribution < 1.29 is 0 Å². The van der Waals surface area contributed by atoms with Crippen LogP contribution in [0.25, 0.3) is 0 Å². The third-order valence-electron chi connectivity index (χ3n) is 11.6. The first-order valence-electron chi connectivity index (χ1n) is 19.5. The summed E-state index contributed by atoms with van der Waals surface area (Å²) in [6, 6.07) is 0. The van der Waals surface area contributed by atoms with Crippen LogP contribution < -0.4 is 0 Å². The van der Waals surface area contributed by atoms with Crippen LogP contribution in [0.4, 0.5) is 0 Å². The van der Waals surface area contributed by atoms with Crippen molar-refractivity contribution in [3.63, 3.8) is 0 Å². The standard InChI is InChI=1S/2C16H48Si8.2Ge.2Te/c2*1-19(2,3)17(20(4,5)6)23(13,14)24(15,16)18(21(7,8)9)22(10,11)12;;;;/h2*1-16H3;;;;. The van der Waals surface area contributed by atoms with Gasteiger partial charge in [0.1, 0.15) is 0 Å². The molecule has 0 aliphatic carbocycles. The van der Waals surface area contributed by atoms with Crippen molar-refractivity contribution in [2.75, 3.05) is 0 Å². The van der Waals surface area contributed by atoms with E-state index in [4.69, 9.17) is 0 Å². The largest absolute Gasteiger partial charge is 0.0739 e. The summed E-state index contributed by atoms with van der Waals surface area (Å²) >= 11 is 0. The molecule has 0 aliphatic heterocycles. The van der Waals surface area contributed by atoms with E-state index in [1.165, 1.54) is 0 Å². The summed E-state index contributed by atoms with van der Waals surface area (Å²) in [7, 11) is -13.2. The molecule has 0 unspecified atom stereocenters. The minimum absolute atomic E-state index is 0. The second-order valence-corrected chi connectivity index (χ2v) is 186. The van der Waals surface area contributed by atoms with E-state index in [1.54, 1.807) is 0 Å². The van der Waals surface area contributed by atoms with Crippen molar-refractivity contribution in [1.82, 2.24) is 0 Å². The molecule has 308 valence electrons. The molecule has 0 N–H and O–H groups in total. The first kappa shape index (κ1) is 69.8. The summed E-state index contributed by atoms with van der Waals surface area (Å²) in [6.07, 6.45) is 0. The first-order chi connectivity index (χ1) is 20.0. The van der Waals surface area contributed by atoms with Crippen LogP contribution in [-0.4, -0.2) is 201 Å². The average Bonchev–Trinajstić information content (AvgIpc) is 2.55. The van der Waals surface area contributed by atoms with Gasteiger partial charge in [-0.05, 0) is 0 Å². The van der Waals surface area contributed by atoms with Gasteiger partial charge in [0, 0.05) is 201 Å². The van der Waals surface area contributed by atoms with Gasteiger partial charge in [-0.25, -0.2) is 0 Å². The minimum atomic E-state index is -1.13. The smallest absolute Gasteiger partial charge is 0.0303 e. The fraction of sp³-hybridized carbons (Fsp3) is 1.00. The van der Waals surface area contributed by atoms with E-state index >= 15 is 0 Å². The number of hydrogen-bond donors (Lipinski definition) is 0. The molecule has 0 heterocycles. The fourth-order valence-corrected chi connectivity index (χ4v) is 547. The molecule has 52 heavy (non-hydrogen) atoms. The molecule has 0 rings (SSSR count). The quantitative estimate of drug-likeness (QED) is 0.152. The van der Waals surface area contributed by atoms with Crippen molar-refractivity contribution in [2.24, 2.45) is 0 Å². The zero-order valence-corrected chi connectivity index (χ0v) is 66.7. The number of rotatable bonds is 14. The van der Waals surface area contributed by atoms with Crippen LogP contribution in [-0.2, 0) is 0 Å². The molecule has 0 nitrogen and oxygen atoms in total. The minimum Gasteiger partial charge on any atom is -0.0739 e. The molecule has 0 atom stereocenters. The van der Waals surface area contributed by atoms with Crippen molar-refractivity contribution >= 4 is 201 Å². The van der Waals surface area contributed by atoms with E-state index in [9.17, 15) is 0 Å². The summed E-state index contributed by atoms with van der Waals surface area (Å²) in [6.45, 7) is 89.3. The summed E-state index contributed by atoms with van der Waals surface area (Å²) in [5, 5.41) is 0. The molecule has 0 bridgehead atoms. The second-order valence-electron chi connectivity index (χ2n) is 26.0. The van der Waals surface area contributed by atoms with Crippen LogP contribution in [0.2, 0.25) is 210 Å². The van der Waals surface area contributed by atoms with Crippen molar-refractivity contribution in [1.29, 1.82) is 0 Å². The third-order valence-corrected chi connectivity index (χ3v) is 312. The molecule has 0 aromatic heterocycles. The Bertz CT molecular complexity index is 826. The Morgan fingerprint density at radius 3 is 0.269 bits per heavy atom. The molecule has 0 saturated carbocycles. The van der Waals surface area contributed by atoms with Gasteiger partial charge in [-0.2, -0.15) is 0 Å². The van der Waals surface area contributed by atoms with Gasteiger partial charge in [0.05, 0.1) is 0 Å². The fourth-order valence-electron chi connectivity index (χ4n) is 13.2. The molecule has 0 fully saturated rings. The maximum Gasteiger partial charge on any atom is 0.0303 e. The Hall–Kier alpha value is 6.14. The van der Waals surface area contributed by atoms with Crippen LogP contribution >= 0.6 is 0 Å². The van der Waals surface area contributed by atoms with Gasteiger partial charge in [-0.15, -0.1) is 0 Å². The molecular weight excluding hydrogens is 1230 g/mol. The van der Waals surface area contributed by atoms with Crippen molar-refractivity contribution in [2.45, 2.75) is 210 Å². The molecule has 0 spiro atoms. The van der Waals surface area contributed by atoms with Crippen LogP contribution in [0, 0.1) is 0 Å². The van der Waals surface area contributed by atoms with E-state index < -0.39 is 89.2 Å². The summed E-state index contributed by atoms with van der Waals surface area (Å²) in [4.78, 5) is 0. The van der Waals surface area contributed by atoms with Gasteiger partial charge >= 0.3 is 0 Å². The Balaban J connectivity index is -0.000000189. The van der Waals surface area contributed by atoms with Gasteiger partial charge in [0.2, 0.25) is 0 Å². The molecule has 0 aliphatic rings. The summed E-state index contributed by atoms with van der Waals surface area (Å²) in [5.74, 6) is 0. The van der Waals surface area contributed by atoms with E-state index in [1.807, 2.05) is 0 Å². The first-order valence-corrected chi connectivity index (χ1v) is 79.5. The second kappa shape index (κ2) is 22.2. The predicted octanol–water partition coefficient (Wildman–Crippen LogP) is 11.1. The molecule has 0 amide bonds. The zero-order valence-electron chi connectivity index (χ0n) is 41.8. The molecule has 0 aromatic carbocycles. The van der Waals surface area contributed by atoms with Crippen LogP contribution in [0.5, 0.6) is 0 Å². The Kier molecular flexibility index (Phi) is 29.8. The van der Waals surface area contributed by atoms with E-state index in [0.29, 0.717) is 0 Å². The zero-order chi connectivity index (χ0) is 40.3. The molecular formula is C32H96Ge2Si16Te2. The van der Waals surface area contributed by atoms with E-state index in [2.05, 4.69) is 210 Å². The van der Waals surface area contributed by atoms with Crippen molar-refractivity contribution in [3.8, 4) is 0 Å². The summed E-state index contributed by atoms with van der Waals surface area (Å²) < 4.78 is 0. The van der Waals surface area contributed by atoms with Gasteiger partial charge in [0.15, 0.2) is 0 Å². The molecule has 16 radical (unpaired) electrons. The van der Waals surface area contributed by atoms with E-state index in [0.717, 1.165) is 0 Å². The average molecular weight is 1330 g/mol. The monoisotopic (exact) mass is 1340 g/mol. The predicted molar refractivity (Wildman–Crippen MR) is 303 cm³/mol. The van der Waals surface area contributed by atoms with Gasteiger partial charge in [-0.1, -0.05) is 210 Å². The molecule has 0 aromatic rings. The van der Waals surface area contributed by atoms with Gasteiger partial charge < -0.3 is 0 Å². The van der Waals surface area contributed by atoms with E-state index in [-0.39, 0.29) is 112 Å². The molecule has 0 saturated heterocycles. The summed E-state index contributed by atoms with van der Waals surface area (Å²) in [5.41, 5.74) is 0. The maximum absolute atomic E-state index is 2.93. The third kappa shape index (κ3) is 18.5. The van der Waals surface area contributed by atoms with Crippen molar-refractivity contribution in [3.05, 3.63) is 0 Å². The maximum atomic E-state index is 2.93. The Labute approximate surface area is 404 Å². The Morgan fingerprint density at radius 2 is 0.231 bits per heavy atom. The van der Waals surface area contributed by atoms with Crippen LogP contribution in [0.15, 0.2) is 0 Å². The Morgan fingerprint density at radius 1 is 0.173 bits per heavy atom. The molecule has 20 heteroatoms. The topological polar surface area (TPSA) is 0 Å². The van der Waals surface area contributed by atoms with Gasteiger partial charge in [0.25, 0.3) is 0 Å². The van der Waals surface area contributed by atoms with Gasteiger partial charge in [-0.3, -0.25) is 0 Å². The normalized spacial score (nSPS) is 15.0. The van der Waals surface area contributed by atoms with Crippen LogP contribution in [0.3, 0.4) is 0 Å². The van der Waals surface area contributed by atoms with Crippen LogP contribution in [0.1, 0.15) is 0 Å². The SMILES string of the molecule is C[Si](C)(C)[Si]([Si](C)(C)C)[Si](C)(C)[Si](C)(C)[Si]([Si](C)(C)C)[Si](C)(C)C.C[Si](C)(C)[Si]([Si](C)(C)C)[Si](C)(C)[Si](C)(C)[Si]([Si](C)(C)C)[Si](C)(C)C.[Ge].[Ge].[Te].[Te].